The number of hydrogen-bond donors (Lipinski definition) is 0. The monoisotopic (exact) mass is 385 g/mol. The highest BCUT2D eigenvalue weighted by Gasteiger charge is 2.50. The number of nitriles is 2. The molecule has 0 aromatic heterocycles. The standard InChI is InChI=1S/C24H27N3Si/c1-16(2)28(17(3)4)23-12-18(11-19(14-25)15-26)7-9-21(23)22-10-8-20(27(5)6)13-24(22)28/h7-13,16-17H,1-6H3. The third-order valence-electron chi connectivity index (χ3n) is 6.12. The first-order valence-electron chi connectivity index (χ1n) is 9.76. The van der Waals surface area contributed by atoms with E-state index >= 15 is 0 Å². The van der Waals surface area contributed by atoms with Gasteiger partial charge in [-0.15, -0.1) is 0 Å². The smallest absolute Gasteiger partial charge is 0.130 e. The molecule has 1 aliphatic rings. The van der Waals surface area contributed by atoms with Gasteiger partial charge >= 0.3 is 0 Å². The van der Waals surface area contributed by atoms with Gasteiger partial charge in [-0.1, -0.05) is 52.0 Å². The third kappa shape index (κ3) is 2.86. The second kappa shape index (κ2) is 7.30. The molecule has 1 heterocycles. The van der Waals surface area contributed by atoms with Crippen molar-refractivity contribution in [1.29, 1.82) is 10.5 Å². The zero-order valence-electron chi connectivity index (χ0n) is 17.5. The molecule has 3 rings (SSSR count). The van der Waals surface area contributed by atoms with Crippen LogP contribution in [0.4, 0.5) is 5.69 Å². The number of fused-ring (bicyclic) bond motifs is 3. The van der Waals surface area contributed by atoms with Crippen molar-refractivity contribution in [3.05, 3.63) is 47.5 Å². The first-order chi connectivity index (χ1) is 13.3. The molecule has 0 fully saturated rings. The van der Waals surface area contributed by atoms with Crippen molar-refractivity contribution in [1.82, 2.24) is 0 Å². The molecule has 0 amide bonds. The summed E-state index contributed by atoms with van der Waals surface area (Å²) in [6, 6.07) is 17.3. The number of hydrogen-bond acceptors (Lipinski definition) is 3. The van der Waals surface area contributed by atoms with Gasteiger partial charge in [0.1, 0.15) is 25.8 Å². The number of nitrogens with zero attached hydrogens (tertiary/aromatic N) is 3. The Morgan fingerprint density at radius 2 is 1.43 bits per heavy atom. The van der Waals surface area contributed by atoms with Crippen LogP contribution >= 0.6 is 0 Å². The van der Waals surface area contributed by atoms with E-state index in [1.165, 1.54) is 27.2 Å². The molecule has 4 heteroatoms. The number of benzene rings is 2. The number of allylic oxidation sites excluding steroid dienone is 1. The molecule has 0 saturated carbocycles. The normalized spacial score (nSPS) is 13.5. The SMILES string of the molecule is CC(C)[Si]1(C(C)C)c2cc(C=C(C#N)C#N)ccc2-c2ccc(N(C)C)cc21. The van der Waals surface area contributed by atoms with Gasteiger partial charge in [-0.3, -0.25) is 0 Å². The third-order valence-corrected chi connectivity index (χ3v) is 12.4. The van der Waals surface area contributed by atoms with Crippen LogP contribution in [0.3, 0.4) is 0 Å². The molecule has 1 aliphatic heterocycles. The summed E-state index contributed by atoms with van der Waals surface area (Å²) in [4.78, 5) is 2.17. The quantitative estimate of drug-likeness (QED) is 0.573. The molecule has 0 N–H and O–H groups in total. The highest BCUT2D eigenvalue weighted by atomic mass is 28.3. The second-order valence-electron chi connectivity index (χ2n) is 8.39. The van der Waals surface area contributed by atoms with Crippen LogP contribution in [0.15, 0.2) is 42.0 Å². The van der Waals surface area contributed by atoms with Gasteiger partial charge in [-0.05, 0) is 56.4 Å². The maximum Gasteiger partial charge on any atom is 0.130 e. The summed E-state index contributed by atoms with van der Waals surface area (Å²) < 4.78 is 0. The lowest BCUT2D eigenvalue weighted by atomic mass is 10.0. The van der Waals surface area contributed by atoms with E-state index in [0.717, 1.165) is 5.56 Å². The zero-order chi connectivity index (χ0) is 20.6. The molecule has 2 aromatic rings. The molecule has 0 atom stereocenters. The van der Waals surface area contributed by atoms with E-state index < -0.39 is 8.07 Å². The zero-order valence-corrected chi connectivity index (χ0v) is 18.5. The van der Waals surface area contributed by atoms with E-state index in [4.69, 9.17) is 10.5 Å². The highest BCUT2D eigenvalue weighted by molar-refractivity contribution is 7.07. The van der Waals surface area contributed by atoms with Crippen molar-refractivity contribution >= 4 is 30.2 Å². The minimum absolute atomic E-state index is 0.145. The molecule has 0 bridgehead atoms. The molecule has 142 valence electrons. The van der Waals surface area contributed by atoms with Crippen LogP contribution in [0, 0.1) is 22.7 Å². The summed E-state index contributed by atoms with van der Waals surface area (Å²) in [5.74, 6) is 0. The van der Waals surface area contributed by atoms with Gasteiger partial charge in [-0.2, -0.15) is 10.5 Å². The van der Waals surface area contributed by atoms with Crippen molar-refractivity contribution in [2.75, 3.05) is 19.0 Å². The van der Waals surface area contributed by atoms with Gasteiger partial charge in [0.2, 0.25) is 0 Å². The van der Waals surface area contributed by atoms with E-state index in [0.29, 0.717) is 11.1 Å². The molecule has 0 spiro atoms. The Balaban J connectivity index is 2.34. The van der Waals surface area contributed by atoms with Crippen molar-refractivity contribution in [2.24, 2.45) is 0 Å². The molecule has 0 unspecified atom stereocenters. The van der Waals surface area contributed by atoms with E-state index in [1.54, 1.807) is 6.08 Å². The van der Waals surface area contributed by atoms with Crippen molar-refractivity contribution in [3.63, 3.8) is 0 Å². The molecule has 28 heavy (non-hydrogen) atoms. The van der Waals surface area contributed by atoms with Gasteiger partial charge in [0.05, 0.1) is 0 Å². The lowest BCUT2D eigenvalue weighted by molar-refractivity contribution is 0.930. The van der Waals surface area contributed by atoms with Crippen LogP contribution in [0.25, 0.3) is 17.2 Å². The average molecular weight is 386 g/mol. The van der Waals surface area contributed by atoms with Crippen molar-refractivity contribution in [2.45, 2.75) is 38.8 Å². The van der Waals surface area contributed by atoms with E-state index in [1.807, 2.05) is 18.2 Å². The first kappa shape index (κ1) is 19.9. The van der Waals surface area contributed by atoms with Gasteiger partial charge < -0.3 is 4.90 Å². The topological polar surface area (TPSA) is 50.8 Å². The van der Waals surface area contributed by atoms with Gasteiger partial charge in [-0.25, -0.2) is 0 Å². The van der Waals surface area contributed by atoms with Crippen LogP contribution in [0.5, 0.6) is 0 Å². The van der Waals surface area contributed by atoms with Crippen LogP contribution in [-0.2, 0) is 0 Å². The predicted octanol–water partition coefficient (Wildman–Crippen LogP) is 4.55. The predicted molar refractivity (Wildman–Crippen MR) is 121 cm³/mol. The summed E-state index contributed by atoms with van der Waals surface area (Å²) in [7, 11) is 2.15. The maximum absolute atomic E-state index is 9.15. The summed E-state index contributed by atoms with van der Waals surface area (Å²) >= 11 is 0. The Morgan fingerprint density at radius 1 is 0.893 bits per heavy atom. The minimum atomic E-state index is -2.03. The molecule has 0 radical (unpaired) electrons. The van der Waals surface area contributed by atoms with Gasteiger partial charge in [0.25, 0.3) is 0 Å². The average Bonchev–Trinajstić information content (AvgIpc) is 2.95. The first-order valence-corrected chi connectivity index (χ1v) is 11.9. The number of anilines is 1. The Bertz CT molecular complexity index is 1010. The maximum atomic E-state index is 9.15. The molecule has 0 saturated heterocycles. The molecule has 3 nitrogen and oxygen atoms in total. The summed E-state index contributed by atoms with van der Waals surface area (Å²) in [6.45, 7) is 9.41. The Labute approximate surface area is 169 Å². The fraction of sp³-hybridized carbons (Fsp3) is 0.333. The Kier molecular flexibility index (Phi) is 5.20. The van der Waals surface area contributed by atoms with Gasteiger partial charge in [0.15, 0.2) is 0 Å². The van der Waals surface area contributed by atoms with E-state index in [2.05, 4.69) is 77.0 Å². The lowest BCUT2D eigenvalue weighted by Gasteiger charge is -2.38. The van der Waals surface area contributed by atoms with Crippen LogP contribution in [0.1, 0.15) is 33.3 Å². The fourth-order valence-corrected chi connectivity index (χ4v) is 11.2. The Morgan fingerprint density at radius 3 is 1.93 bits per heavy atom. The van der Waals surface area contributed by atoms with Crippen LogP contribution in [-0.4, -0.2) is 22.2 Å². The van der Waals surface area contributed by atoms with Crippen molar-refractivity contribution in [3.8, 4) is 23.3 Å². The summed E-state index contributed by atoms with van der Waals surface area (Å²) in [5.41, 5.74) is 6.07. The van der Waals surface area contributed by atoms with Gasteiger partial charge in [0, 0.05) is 19.8 Å². The summed E-state index contributed by atoms with van der Waals surface area (Å²) in [6.07, 6.45) is 1.70. The minimum Gasteiger partial charge on any atom is -0.378 e. The van der Waals surface area contributed by atoms with Crippen molar-refractivity contribution < 1.29 is 0 Å². The van der Waals surface area contributed by atoms with E-state index in [9.17, 15) is 0 Å². The second-order valence-corrected chi connectivity index (χ2v) is 13.5. The van der Waals surface area contributed by atoms with E-state index in [-0.39, 0.29) is 5.57 Å². The molecule has 2 aromatic carbocycles. The Hall–Kier alpha value is -2.82. The molecular weight excluding hydrogens is 358 g/mol. The number of rotatable bonds is 4. The lowest BCUT2D eigenvalue weighted by Crippen LogP contribution is -2.60. The van der Waals surface area contributed by atoms with Crippen LogP contribution < -0.4 is 15.3 Å². The fourth-order valence-electron chi connectivity index (χ4n) is 4.93. The molecular formula is C24H27N3Si. The summed E-state index contributed by atoms with van der Waals surface area (Å²) in [5, 5.41) is 21.2. The largest absolute Gasteiger partial charge is 0.378 e. The van der Waals surface area contributed by atoms with Crippen LogP contribution in [0.2, 0.25) is 11.1 Å². The highest BCUT2D eigenvalue weighted by Crippen LogP contribution is 2.42. The molecule has 0 aliphatic carbocycles.